The van der Waals surface area contributed by atoms with E-state index in [1.807, 2.05) is 0 Å². The molecule has 1 aromatic rings. The van der Waals surface area contributed by atoms with Crippen LogP contribution < -0.4 is 15.4 Å². The maximum absolute atomic E-state index is 12.5. The molecule has 0 radical (unpaired) electrons. The van der Waals surface area contributed by atoms with Crippen LogP contribution in [0, 0.1) is 10.8 Å². The zero-order valence-corrected chi connectivity index (χ0v) is 14.1. The maximum Gasteiger partial charge on any atom is 0.319 e. The summed E-state index contributed by atoms with van der Waals surface area (Å²) in [6.07, 6.45) is 4.01. The number of anilines is 1. The van der Waals surface area contributed by atoms with Crippen LogP contribution in [-0.2, 0) is 14.4 Å². The number of carboxylic acids is 1. The molecule has 25 heavy (non-hydrogen) atoms. The van der Waals surface area contributed by atoms with Crippen LogP contribution in [0.25, 0.3) is 0 Å². The van der Waals surface area contributed by atoms with Crippen LogP contribution in [0.3, 0.4) is 0 Å². The molecule has 2 amide bonds. The Morgan fingerprint density at radius 2 is 1.80 bits per heavy atom. The summed E-state index contributed by atoms with van der Waals surface area (Å²) < 4.78 is 5.29. The van der Waals surface area contributed by atoms with Crippen LogP contribution in [0.5, 0.6) is 5.75 Å². The summed E-state index contributed by atoms with van der Waals surface area (Å²) in [5.74, 6) is -1.26. The minimum absolute atomic E-state index is 0.0767. The fourth-order valence-corrected chi connectivity index (χ4v) is 3.77. The van der Waals surface area contributed by atoms with Gasteiger partial charge in [0.05, 0.1) is 0 Å². The van der Waals surface area contributed by atoms with Gasteiger partial charge in [-0.05, 0) is 55.4 Å². The van der Waals surface area contributed by atoms with Gasteiger partial charge in [-0.15, -0.1) is 0 Å². The molecule has 0 bridgehead atoms. The number of ether oxygens (including phenoxy) is 1. The molecule has 0 saturated heterocycles. The van der Waals surface area contributed by atoms with E-state index < -0.39 is 17.3 Å². The number of hydrogen-bond acceptors (Lipinski definition) is 4. The number of aliphatic carboxylic acids is 1. The minimum atomic E-state index is -1.31. The van der Waals surface area contributed by atoms with Crippen LogP contribution in [0.4, 0.5) is 5.69 Å². The van der Waals surface area contributed by atoms with Crippen molar-refractivity contribution in [2.24, 2.45) is 10.8 Å². The molecule has 3 N–H and O–H groups in total. The van der Waals surface area contributed by atoms with Gasteiger partial charge in [0.15, 0.2) is 6.61 Å². The highest BCUT2D eigenvalue weighted by atomic mass is 16.5. The van der Waals surface area contributed by atoms with E-state index in [0.29, 0.717) is 24.3 Å². The third-order valence-electron chi connectivity index (χ3n) is 5.37. The van der Waals surface area contributed by atoms with Crippen molar-refractivity contribution in [3.8, 4) is 5.75 Å². The largest absolute Gasteiger partial charge is 0.484 e. The molecular weight excluding hydrogens is 324 g/mol. The third-order valence-corrected chi connectivity index (χ3v) is 5.37. The predicted octanol–water partition coefficient (Wildman–Crippen LogP) is 1.78. The molecule has 0 heterocycles. The predicted molar refractivity (Wildman–Crippen MR) is 90.2 cm³/mol. The van der Waals surface area contributed by atoms with Gasteiger partial charge in [0, 0.05) is 12.7 Å². The highest BCUT2D eigenvalue weighted by Crippen LogP contribution is 2.64. The van der Waals surface area contributed by atoms with Gasteiger partial charge in [-0.3, -0.25) is 14.4 Å². The van der Waals surface area contributed by atoms with Crippen LogP contribution in [-0.4, -0.2) is 36.5 Å². The highest BCUT2D eigenvalue weighted by Gasteiger charge is 2.64. The van der Waals surface area contributed by atoms with Crippen LogP contribution in [0.15, 0.2) is 24.3 Å². The number of nitrogens with one attached hydrogen (secondary N) is 2. The first-order chi connectivity index (χ1) is 11.9. The van der Waals surface area contributed by atoms with Crippen molar-refractivity contribution in [1.82, 2.24) is 5.32 Å². The quantitative estimate of drug-likeness (QED) is 0.681. The average Bonchev–Trinajstić information content (AvgIpc) is 2.51. The van der Waals surface area contributed by atoms with Gasteiger partial charge in [0.1, 0.15) is 11.2 Å². The summed E-state index contributed by atoms with van der Waals surface area (Å²) in [7, 11) is 1.52. The topological polar surface area (TPSA) is 105 Å². The molecule has 2 saturated carbocycles. The number of carboxylic acid groups (broad SMARTS) is 1. The zero-order valence-electron chi connectivity index (χ0n) is 14.1. The normalized spacial score (nSPS) is 19.2. The number of carbonyl (C=O) groups excluding carboxylic acids is 2. The summed E-state index contributed by atoms with van der Waals surface area (Å²) >= 11 is 0. The van der Waals surface area contributed by atoms with E-state index in [1.165, 1.54) is 7.05 Å². The lowest BCUT2D eigenvalue weighted by atomic mass is 9.45. The molecule has 7 heteroatoms. The van der Waals surface area contributed by atoms with E-state index in [1.54, 1.807) is 24.3 Å². The second-order valence-corrected chi connectivity index (χ2v) is 7.03. The van der Waals surface area contributed by atoms with Crippen LogP contribution in [0.1, 0.15) is 32.1 Å². The SMILES string of the molecule is CNC(=O)COc1ccc(NC(=O)C2(C(=O)O)CC3(CCC3)C2)cc1. The Morgan fingerprint density at radius 1 is 1.16 bits per heavy atom. The first-order valence-electron chi connectivity index (χ1n) is 8.38. The molecule has 0 aliphatic heterocycles. The van der Waals surface area contributed by atoms with Crippen molar-refractivity contribution < 1.29 is 24.2 Å². The van der Waals surface area contributed by atoms with Gasteiger partial charge >= 0.3 is 5.97 Å². The summed E-state index contributed by atoms with van der Waals surface area (Å²) in [5, 5.41) is 14.7. The Bertz CT molecular complexity index is 686. The molecule has 7 nitrogen and oxygen atoms in total. The highest BCUT2D eigenvalue weighted by molar-refractivity contribution is 6.09. The molecule has 0 aromatic heterocycles. The van der Waals surface area contributed by atoms with E-state index in [2.05, 4.69) is 10.6 Å². The van der Waals surface area contributed by atoms with E-state index in [4.69, 9.17) is 4.74 Å². The van der Waals surface area contributed by atoms with E-state index in [9.17, 15) is 19.5 Å². The van der Waals surface area contributed by atoms with Crippen molar-refractivity contribution in [2.45, 2.75) is 32.1 Å². The minimum Gasteiger partial charge on any atom is -0.484 e. The van der Waals surface area contributed by atoms with Crippen molar-refractivity contribution in [2.75, 3.05) is 19.0 Å². The van der Waals surface area contributed by atoms with Crippen molar-refractivity contribution in [3.05, 3.63) is 24.3 Å². The van der Waals surface area contributed by atoms with Crippen LogP contribution >= 0.6 is 0 Å². The second-order valence-electron chi connectivity index (χ2n) is 7.03. The number of amides is 2. The fourth-order valence-electron chi connectivity index (χ4n) is 3.77. The van der Waals surface area contributed by atoms with Crippen molar-refractivity contribution in [1.29, 1.82) is 0 Å². The zero-order chi connectivity index (χ0) is 18.1. The van der Waals surface area contributed by atoms with Crippen molar-refractivity contribution >= 4 is 23.5 Å². The summed E-state index contributed by atoms with van der Waals surface area (Å²) in [5.41, 5.74) is -0.727. The fraction of sp³-hybridized carbons (Fsp3) is 0.500. The molecule has 0 unspecified atom stereocenters. The molecule has 3 rings (SSSR count). The lowest BCUT2D eigenvalue weighted by Crippen LogP contribution is -2.59. The third kappa shape index (κ3) is 3.18. The standard InChI is InChI=1S/C18H22N2O5/c1-19-14(21)9-25-13-5-3-12(4-6-13)20-15(22)18(16(23)24)10-17(11-18)7-2-8-17/h3-6H,2,7-11H2,1H3,(H,19,21)(H,20,22)(H,23,24). The Kier molecular flexibility index (Phi) is 4.41. The molecule has 2 fully saturated rings. The Morgan fingerprint density at radius 3 is 2.28 bits per heavy atom. The second kappa shape index (κ2) is 6.38. The van der Waals surface area contributed by atoms with Gasteiger partial charge < -0.3 is 20.5 Å². The molecule has 2 aliphatic rings. The molecule has 1 aromatic carbocycles. The van der Waals surface area contributed by atoms with Gasteiger partial charge in [-0.1, -0.05) is 6.42 Å². The summed E-state index contributed by atoms with van der Waals surface area (Å²) in [4.78, 5) is 35.4. The molecule has 2 aliphatic carbocycles. The van der Waals surface area contributed by atoms with Gasteiger partial charge in [0.25, 0.3) is 5.91 Å². The van der Waals surface area contributed by atoms with E-state index >= 15 is 0 Å². The first-order valence-corrected chi connectivity index (χ1v) is 8.38. The summed E-state index contributed by atoms with van der Waals surface area (Å²) in [6.45, 7) is -0.0909. The van der Waals surface area contributed by atoms with Crippen molar-refractivity contribution in [3.63, 3.8) is 0 Å². The molecule has 1 spiro atoms. The lowest BCUT2D eigenvalue weighted by Gasteiger charge is -2.58. The van der Waals surface area contributed by atoms with E-state index in [-0.39, 0.29) is 17.9 Å². The number of carbonyl (C=O) groups is 3. The lowest BCUT2D eigenvalue weighted by molar-refractivity contribution is -0.178. The van der Waals surface area contributed by atoms with Crippen LogP contribution in [0.2, 0.25) is 0 Å². The van der Waals surface area contributed by atoms with E-state index in [0.717, 1.165) is 19.3 Å². The maximum atomic E-state index is 12.5. The monoisotopic (exact) mass is 346 g/mol. The summed E-state index contributed by atoms with van der Waals surface area (Å²) in [6, 6.07) is 6.51. The number of benzene rings is 1. The number of rotatable bonds is 6. The Labute approximate surface area is 145 Å². The molecular formula is C18H22N2O5. The van der Waals surface area contributed by atoms with Gasteiger partial charge in [0.2, 0.25) is 5.91 Å². The first kappa shape index (κ1) is 17.3. The molecule has 134 valence electrons. The number of hydrogen-bond donors (Lipinski definition) is 3. The smallest absolute Gasteiger partial charge is 0.319 e. The van der Waals surface area contributed by atoms with Gasteiger partial charge in [-0.2, -0.15) is 0 Å². The Balaban J connectivity index is 1.60. The Hall–Kier alpha value is -2.57. The van der Waals surface area contributed by atoms with Gasteiger partial charge in [-0.25, -0.2) is 0 Å². The number of likely N-dealkylation sites (N-methyl/N-ethyl adjacent to an activating group) is 1. The molecule has 0 atom stereocenters. The average molecular weight is 346 g/mol.